The first-order valence-electron chi connectivity index (χ1n) is 8.68. The van der Waals surface area contributed by atoms with Gasteiger partial charge in [-0.3, -0.25) is 0 Å². The van der Waals surface area contributed by atoms with Crippen LogP contribution < -0.4 is 9.47 Å². The van der Waals surface area contributed by atoms with E-state index >= 15 is 0 Å². The minimum absolute atomic E-state index is 0.627. The van der Waals surface area contributed by atoms with Gasteiger partial charge in [0.25, 0.3) is 0 Å². The minimum atomic E-state index is 0.627. The maximum Gasteiger partial charge on any atom is 0.170 e. The Morgan fingerprint density at radius 2 is 1.19 bits per heavy atom. The lowest BCUT2D eigenvalue weighted by Crippen LogP contribution is -2.02. The van der Waals surface area contributed by atoms with Crippen molar-refractivity contribution in [3.63, 3.8) is 0 Å². The maximum absolute atomic E-state index is 5.77. The fourth-order valence-corrected chi connectivity index (χ4v) is 2.85. The summed E-state index contributed by atoms with van der Waals surface area (Å²) in [6.07, 6.45) is 1.80. The van der Waals surface area contributed by atoms with Crippen LogP contribution in [0, 0.1) is 13.8 Å². The largest absolute Gasteiger partial charge is 0.493 e. The molecule has 0 N–H and O–H groups in total. The van der Waals surface area contributed by atoms with Crippen molar-refractivity contribution in [2.75, 3.05) is 13.2 Å². The lowest BCUT2D eigenvalue weighted by atomic mass is 10.2. The Morgan fingerprint density at radius 3 is 1.65 bits per heavy atom. The SMILES string of the molecule is Cc1noc2cc(OCCCCOc3ccc4c(C)noc4c3)ccc12. The Labute approximate surface area is 150 Å². The molecule has 0 saturated heterocycles. The highest BCUT2D eigenvalue weighted by Crippen LogP contribution is 2.24. The van der Waals surface area contributed by atoms with Crippen molar-refractivity contribution in [1.82, 2.24) is 10.3 Å². The van der Waals surface area contributed by atoms with Crippen molar-refractivity contribution in [2.24, 2.45) is 0 Å². The molecule has 6 nitrogen and oxygen atoms in total. The number of rotatable bonds is 7. The van der Waals surface area contributed by atoms with Gasteiger partial charge in [0.05, 0.1) is 24.6 Å². The van der Waals surface area contributed by atoms with Gasteiger partial charge in [-0.15, -0.1) is 0 Å². The number of nitrogens with zero attached hydrogens (tertiary/aromatic N) is 2. The van der Waals surface area contributed by atoms with E-state index in [2.05, 4.69) is 10.3 Å². The number of benzene rings is 2. The number of ether oxygens (including phenoxy) is 2. The summed E-state index contributed by atoms with van der Waals surface area (Å²) in [5, 5.41) is 9.93. The van der Waals surface area contributed by atoms with Crippen LogP contribution in [0.5, 0.6) is 11.5 Å². The Kier molecular flexibility index (Phi) is 4.48. The molecular formula is C20H20N2O4. The van der Waals surface area contributed by atoms with Crippen molar-refractivity contribution >= 4 is 21.9 Å². The summed E-state index contributed by atoms with van der Waals surface area (Å²) in [5.74, 6) is 1.58. The van der Waals surface area contributed by atoms with Gasteiger partial charge in [-0.1, -0.05) is 10.3 Å². The molecule has 0 radical (unpaired) electrons. The molecule has 0 saturated carbocycles. The molecule has 2 aromatic heterocycles. The smallest absolute Gasteiger partial charge is 0.170 e. The van der Waals surface area contributed by atoms with Crippen LogP contribution in [0.15, 0.2) is 45.4 Å². The van der Waals surface area contributed by atoms with Gasteiger partial charge < -0.3 is 18.5 Å². The first-order valence-corrected chi connectivity index (χ1v) is 8.68. The molecule has 26 heavy (non-hydrogen) atoms. The van der Waals surface area contributed by atoms with E-state index in [0.29, 0.717) is 13.2 Å². The monoisotopic (exact) mass is 352 g/mol. The summed E-state index contributed by atoms with van der Waals surface area (Å²) in [7, 11) is 0. The van der Waals surface area contributed by atoms with E-state index in [1.165, 1.54) is 0 Å². The highest BCUT2D eigenvalue weighted by atomic mass is 16.5. The second kappa shape index (κ2) is 7.07. The number of unbranched alkanes of at least 4 members (excludes halogenated alkanes) is 1. The summed E-state index contributed by atoms with van der Waals surface area (Å²) in [6.45, 7) is 5.10. The molecule has 0 fully saturated rings. The quantitative estimate of drug-likeness (QED) is 0.444. The average molecular weight is 352 g/mol. The van der Waals surface area contributed by atoms with E-state index in [1.807, 2.05) is 50.2 Å². The van der Waals surface area contributed by atoms with Crippen LogP contribution in [0.2, 0.25) is 0 Å². The van der Waals surface area contributed by atoms with Gasteiger partial charge in [0.15, 0.2) is 11.2 Å². The molecule has 4 rings (SSSR count). The van der Waals surface area contributed by atoms with E-state index in [1.54, 1.807) is 0 Å². The molecule has 0 unspecified atom stereocenters. The van der Waals surface area contributed by atoms with Gasteiger partial charge in [0, 0.05) is 22.9 Å². The van der Waals surface area contributed by atoms with Crippen LogP contribution >= 0.6 is 0 Å². The van der Waals surface area contributed by atoms with E-state index < -0.39 is 0 Å². The Bertz CT molecular complexity index is 951. The number of aryl methyl sites for hydroxylation is 2. The summed E-state index contributed by atoms with van der Waals surface area (Å²) < 4.78 is 22.0. The van der Waals surface area contributed by atoms with E-state index in [-0.39, 0.29) is 0 Å². The number of aromatic nitrogens is 2. The molecule has 4 aromatic rings. The molecule has 0 aliphatic carbocycles. The van der Waals surface area contributed by atoms with Gasteiger partial charge >= 0.3 is 0 Å². The summed E-state index contributed by atoms with van der Waals surface area (Å²) in [5.41, 5.74) is 3.28. The van der Waals surface area contributed by atoms with Gasteiger partial charge in [0.2, 0.25) is 0 Å². The standard InChI is InChI=1S/C20H20N2O4/c1-13-17-7-5-15(11-19(17)25-21-13)23-9-3-4-10-24-16-6-8-18-14(2)22-26-20(18)12-16/h5-8,11-12H,3-4,9-10H2,1-2H3. The molecule has 0 amide bonds. The van der Waals surface area contributed by atoms with E-state index in [9.17, 15) is 0 Å². The Balaban J connectivity index is 1.21. The number of hydrogen-bond donors (Lipinski definition) is 0. The van der Waals surface area contributed by atoms with Crippen molar-refractivity contribution in [3.05, 3.63) is 47.8 Å². The van der Waals surface area contributed by atoms with Crippen LogP contribution in [0.3, 0.4) is 0 Å². The zero-order valence-electron chi connectivity index (χ0n) is 14.8. The van der Waals surface area contributed by atoms with Gasteiger partial charge in [-0.05, 0) is 51.0 Å². The van der Waals surface area contributed by atoms with Crippen molar-refractivity contribution < 1.29 is 18.5 Å². The lowest BCUT2D eigenvalue weighted by Gasteiger charge is -2.07. The second-order valence-electron chi connectivity index (χ2n) is 6.26. The molecule has 2 aromatic carbocycles. The third kappa shape index (κ3) is 3.35. The first-order chi connectivity index (χ1) is 12.7. The van der Waals surface area contributed by atoms with Gasteiger partial charge in [0.1, 0.15) is 11.5 Å². The normalized spacial score (nSPS) is 11.3. The molecule has 134 valence electrons. The average Bonchev–Trinajstić information content (AvgIpc) is 3.21. The molecule has 6 heteroatoms. The van der Waals surface area contributed by atoms with Crippen molar-refractivity contribution in [1.29, 1.82) is 0 Å². The molecule has 0 atom stereocenters. The van der Waals surface area contributed by atoms with E-state index in [0.717, 1.165) is 57.7 Å². The Hall–Kier alpha value is -3.02. The zero-order valence-corrected chi connectivity index (χ0v) is 14.8. The summed E-state index contributed by atoms with van der Waals surface area (Å²) >= 11 is 0. The number of hydrogen-bond acceptors (Lipinski definition) is 6. The highest BCUT2D eigenvalue weighted by Gasteiger charge is 2.06. The summed E-state index contributed by atoms with van der Waals surface area (Å²) in [6, 6.07) is 11.6. The second-order valence-corrected chi connectivity index (χ2v) is 6.26. The van der Waals surface area contributed by atoms with Gasteiger partial charge in [-0.25, -0.2) is 0 Å². The predicted molar refractivity (Wildman–Crippen MR) is 97.7 cm³/mol. The molecule has 0 spiro atoms. The van der Waals surface area contributed by atoms with Crippen LogP contribution in [0.4, 0.5) is 0 Å². The van der Waals surface area contributed by atoms with Gasteiger partial charge in [-0.2, -0.15) is 0 Å². The van der Waals surface area contributed by atoms with Crippen LogP contribution in [0.1, 0.15) is 24.2 Å². The predicted octanol–water partition coefficient (Wildman–Crippen LogP) is 4.82. The fraction of sp³-hybridized carbons (Fsp3) is 0.300. The molecule has 0 aliphatic heterocycles. The van der Waals surface area contributed by atoms with E-state index in [4.69, 9.17) is 18.5 Å². The topological polar surface area (TPSA) is 70.5 Å². The van der Waals surface area contributed by atoms with Crippen LogP contribution in [0.25, 0.3) is 21.9 Å². The third-order valence-corrected chi connectivity index (χ3v) is 4.32. The zero-order chi connectivity index (χ0) is 17.9. The lowest BCUT2D eigenvalue weighted by molar-refractivity contribution is 0.266. The van der Waals surface area contributed by atoms with Crippen LogP contribution in [-0.4, -0.2) is 23.5 Å². The molecule has 0 bridgehead atoms. The fourth-order valence-electron chi connectivity index (χ4n) is 2.85. The van der Waals surface area contributed by atoms with Crippen molar-refractivity contribution in [2.45, 2.75) is 26.7 Å². The minimum Gasteiger partial charge on any atom is -0.493 e. The van der Waals surface area contributed by atoms with Crippen molar-refractivity contribution in [3.8, 4) is 11.5 Å². The third-order valence-electron chi connectivity index (χ3n) is 4.32. The molecular weight excluding hydrogens is 332 g/mol. The van der Waals surface area contributed by atoms with Crippen LogP contribution in [-0.2, 0) is 0 Å². The molecule has 0 aliphatic rings. The summed E-state index contributed by atoms with van der Waals surface area (Å²) in [4.78, 5) is 0. The Morgan fingerprint density at radius 1 is 0.731 bits per heavy atom. The highest BCUT2D eigenvalue weighted by molar-refractivity contribution is 5.81. The maximum atomic E-state index is 5.77. The first kappa shape index (κ1) is 16.4. The number of fused-ring (bicyclic) bond motifs is 2. The molecule has 2 heterocycles.